The standard InChI is InChI=1S/C20H20ClN3O3/c1-23-17-10-14(6-7-18(17)27-12-19(23)25)22-20(26)24-9-8-13(11-24)15-4-2-3-5-16(15)21/h2-7,10,13H,8-9,11-12H2,1H3,(H,22,26)/t13-/m0/s1. The van der Waals surface area contributed by atoms with Gasteiger partial charge in [-0.2, -0.15) is 0 Å². The maximum absolute atomic E-state index is 12.7. The molecule has 2 heterocycles. The van der Waals surface area contributed by atoms with Gasteiger partial charge in [0.2, 0.25) is 0 Å². The molecule has 0 spiro atoms. The van der Waals surface area contributed by atoms with Crippen molar-refractivity contribution in [3.8, 4) is 5.75 Å². The monoisotopic (exact) mass is 385 g/mol. The smallest absolute Gasteiger partial charge is 0.321 e. The van der Waals surface area contributed by atoms with Crippen LogP contribution in [-0.4, -0.2) is 43.6 Å². The molecule has 2 aliphatic rings. The predicted octanol–water partition coefficient (Wildman–Crippen LogP) is 3.72. The van der Waals surface area contributed by atoms with Gasteiger partial charge >= 0.3 is 6.03 Å². The Morgan fingerprint density at radius 1 is 1.26 bits per heavy atom. The van der Waals surface area contributed by atoms with E-state index in [4.69, 9.17) is 16.3 Å². The molecule has 7 heteroatoms. The summed E-state index contributed by atoms with van der Waals surface area (Å²) in [5.74, 6) is 0.758. The zero-order valence-corrected chi connectivity index (χ0v) is 15.7. The molecule has 27 heavy (non-hydrogen) atoms. The van der Waals surface area contributed by atoms with Crippen LogP contribution < -0.4 is 15.0 Å². The molecule has 0 saturated carbocycles. The summed E-state index contributed by atoms with van der Waals surface area (Å²) in [4.78, 5) is 27.8. The summed E-state index contributed by atoms with van der Waals surface area (Å²) in [5.41, 5.74) is 2.37. The number of halogens is 1. The maximum Gasteiger partial charge on any atom is 0.321 e. The fraction of sp³-hybridized carbons (Fsp3) is 0.300. The highest BCUT2D eigenvalue weighted by molar-refractivity contribution is 6.31. The van der Waals surface area contributed by atoms with Crippen molar-refractivity contribution in [2.75, 3.05) is 37.0 Å². The summed E-state index contributed by atoms with van der Waals surface area (Å²) >= 11 is 6.29. The number of benzene rings is 2. The molecule has 0 aromatic heterocycles. The maximum atomic E-state index is 12.7. The number of fused-ring (bicyclic) bond motifs is 1. The van der Waals surface area contributed by atoms with Crippen LogP contribution in [0.25, 0.3) is 0 Å². The largest absolute Gasteiger partial charge is 0.482 e. The van der Waals surface area contributed by atoms with Crippen molar-refractivity contribution in [1.29, 1.82) is 0 Å². The summed E-state index contributed by atoms with van der Waals surface area (Å²) in [6.07, 6.45) is 0.881. The van der Waals surface area contributed by atoms with E-state index in [1.165, 1.54) is 4.90 Å². The van der Waals surface area contributed by atoms with Gasteiger partial charge in [-0.15, -0.1) is 0 Å². The molecule has 140 valence electrons. The first-order chi connectivity index (χ1) is 13.0. The number of amides is 3. The van der Waals surface area contributed by atoms with Gasteiger partial charge in [-0.05, 0) is 36.2 Å². The molecule has 1 atom stereocenters. The molecule has 2 aromatic carbocycles. The zero-order valence-electron chi connectivity index (χ0n) is 14.9. The van der Waals surface area contributed by atoms with Crippen molar-refractivity contribution in [3.05, 3.63) is 53.1 Å². The number of likely N-dealkylation sites (tertiary alicyclic amines) is 1. The highest BCUT2D eigenvalue weighted by Gasteiger charge is 2.29. The van der Waals surface area contributed by atoms with Crippen LogP contribution in [0.3, 0.4) is 0 Å². The predicted molar refractivity (Wildman–Crippen MR) is 105 cm³/mol. The molecule has 4 rings (SSSR count). The van der Waals surface area contributed by atoms with Gasteiger partial charge in [0, 0.05) is 36.8 Å². The van der Waals surface area contributed by atoms with E-state index in [1.54, 1.807) is 30.1 Å². The van der Waals surface area contributed by atoms with Gasteiger partial charge in [0.15, 0.2) is 6.61 Å². The van der Waals surface area contributed by atoms with Crippen molar-refractivity contribution in [3.63, 3.8) is 0 Å². The van der Waals surface area contributed by atoms with E-state index in [-0.39, 0.29) is 24.5 Å². The van der Waals surface area contributed by atoms with Crippen LogP contribution in [0.15, 0.2) is 42.5 Å². The van der Waals surface area contributed by atoms with E-state index in [1.807, 2.05) is 24.3 Å². The average molecular weight is 386 g/mol. The molecule has 1 N–H and O–H groups in total. The molecule has 0 unspecified atom stereocenters. The normalized spacial score (nSPS) is 18.9. The SMILES string of the molecule is CN1C(=O)COc2ccc(NC(=O)N3CC[C@H](c4ccccc4Cl)C3)cc21. The summed E-state index contributed by atoms with van der Waals surface area (Å²) in [7, 11) is 1.70. The first-order valence-electron chi connectivity index (χ1n) is 8.86. The number of carbonyl (C=O) groups is 2. The Labute approximate surface area is 162 Å². The number of nitrogens with zero attached hydrogens (tertiary/aromatic N) is 2. The molecule has 2 aromatic rings. The Kier molecular flexibility index (Phi) is 4.66. The number of ether oxygens (including phenoxy) is 1. The van der Waals surface area contributed by atoms with Gasteiger partial charge in [0.05, 0.1) is 5.69 Å². The van der Waals surface area contributed by atoms with E-state index in [0.717, 1.165) is 17.0 Å². The number of carbonyl (C=O) groups excluding carboxylic acids is 2. The minimum atomic E-state index is -0.157. The molecule has 0 bridgehead atoms. The van der Waals surface area contributed by atoms with Crippen LogP contribution in [0.4, 0.5) is 16.2 Å². The van der Waals surface area contributed by atoms with E-state index in [2.05, 4.69) is 5.32 Å². The molecule has 0 radical (unpaired) electrons. The number of rotatable bonds is 2. The second kappa shape index (κ2) is 7.12. The molecule has 3 amide bonds. The third-order valence-electron chi connectivity index (χ3n) is 5.12. The molecular formula is C20H20ClN3O3. The molecule has 2 aliphatic heterocycles. The first-order valence-corrected chi connectivity index (χ1v) is 9.24. The van der Waals surface area contributed by atoms with Crippen LogP contribution in [0.2, 0.25) is 5.02 Å². The van der Waals surface area contributed by atoms with Crippen LogP contribution in [-0.2, 0) is 4.79 Å². The minimum absolute atomic E-state index is 0.0341. The zero-order chi connectivity index (χ0) is 19.0. The lowest BCUT2D eigenvalue weighted by Gasteiger charge is -2.26. The summed E-state index contributed by atoms with van der Waals surface area (Å²) in [5, 5.41) is 3.66. The second-order valence-corrected chi connectivity index (χ2v) is 7.21. The van der Waals surface area contributed by atoms with E-state index in [0.29, 0.717) is 30.2 Å². The van der Waals surface area contributed by atoms with Crippen LogP contribution in [0, 0.1) is 0 Å². The first kappa shape index (κ1) is 17.7. The number of hydrogen-bond donors (Lipinski definition) is 1. The molecule has 1 saturated heterocycles. The molecule has 6 nitrogen and oxygen atoms in total. The Bertz CT molecular complexity index is 902. The highest BCUT2D eigenvalue weighted by Crippen LogP contribution is 2.35. The number of likely N-dealkylation sites (N-methyl/N-ethyl adjacent to an activating group) is 1. The molecule has 1 fully saturated rings. The van der Waals surface area contributed by atoms with Crippen molar-refractivity contribution >= 4 is 34.9 Å². The lowest BCUT2D eigenvalue weighted by Crippen LogP contribution is -2.36. The van der Waals surface area contributed by atoms with Gasteiger partial charge in [-0.1, -0.05) is 29.8 Å². The van der Waals surface area contributed by atoms with Gasteiger partial charge in [0.1, 0.15) is 5.75 Å². The van der Waals surface area contributed by atoms with Gasteiger partial charge < -0.3 is 19.9 Å². The average Bonchev–Trinajstić information content (AvgIpc) is 3.15. The summed E-state index contributed by atoms with van der Waals surface area (Å²) < 4.78 is 5.41. The Balaban J connectivity index is 1.44. The van der Waals surface area contributed by atoms with Crippen molar-refractivity contribution in [2.45, 2.75) is 12.3 Å². The lowest BCUT2D eigenvalue weighted by molar-refractivity contribution is -0.120. The van der Waals surface area contributed by atoms with Crippen LogP contribution >= 0.6 is 11.6 Å². The van der Waals surface area contributed by atoms with Crippen LogP contribution in [0.5, 0.6) is 5.75 Å². The second-order valence-electron chi connectivity index (χ2n) is 6.81. The molecule has 0 aliphatic carbocycles. The number of anilines is 2. The van der Waals surface area contributed by atoms with Crippen LogP contribution in [0.1, 0.15) is 17.9 Å². The third kappa shape index (κ3) is 3.45. The van der Waals surface area contributed by atoms with Gasteiger partial charge in [-0.25, -0.2) is 4.79 Å². The number of nitrogens with one attached hydrogen (secondary N) is 1. The van der Waals surface area contributed by atoms with Crippen molar-refractivity contribution < 1.29 is 14.3 Å². The fourth-order valence-corrected chi connectivity index (χ4v) is 3.85. The van der Waals surface area contributed by atoms with Crippen molar-refractivity contribution in [1.82, 2.24) is 4.90 Å². The topological polar surface area (TPSA) is 61.9 Å². The minimum Gasteiger partial charge on any atom is -0.482 e. The highest BCUT2D eigenvalue weighted by atomic mass is 35.5. The Morgan fingerprint density at radius 2 is 2.07 bits per heavy atom. The Hall–Kier alpha value is -2.73. The van der Waals surface area contributed by atoms with Crippen molar-refractivity contribution in [2.24, 2.45) is 0 Å². The quantitative estimate of drug-likeness (QED) is 0.857. The Morgan fingerprint density at radius 3 is 2.89 bits per heavy atom. The third-order valence-corrected chi connectivity index (χ3v) is 5.46. The number of hydrogen-bond acceptors (Lipinski definition) is 3. The lowest BCUT2D eigenvalue weighted by atomic mass is 9.98. The van der Waals surface area contributed by atoms with E-state index < -0.39 is 0 Å². The number of urea groups is 1. The van der Waals surface area contributed by atoms with Gasteiger partial charge in [-0.3, -0.25) is 4.79 Å². The molecular weight excluding hydrogens is 366 g/mol. The summed E-state index contributed by atoms with van der Waals surface area (Å²) in [6.45, 7) is 1.34. The van der Waals surface area contributed by atoms with Gasteiger partial charge in [0.25, 0.3) is 5.91 Å². The van der Waals surface area contributed by atoms with E-state index in [9.17, 15) is 9.59 Å². The summed E-state index contributed by atoms with van der Waals surface area (Å²) in [6, 6.07) is 12.9. The fourth-order valence-electron chi connectivity index (χ4n) is 3.56. The van der Waals surface area contributed by atoms with E-state index >= 15 is 0 Å².